The minimum absolute atomic E-state index is 0.0211. The molecule has 0 amide bonds. The number of hydrogen-bond acceptors (Lipinski definition) is 6. The van der Waals surface area contributed by atoms with E-state index in [1.807, 2.05) is 6.26 Å². The van der Waals surface area contributed by atoms with E-state index in [0.717, 1.165) is 61.4 Å². The number of ether oxygens (including phenoxy) is 1. The highest BCUT2D eigenvalue weighted by atomic mass is 32.2. The maximum absolute atomic E-state index is 6.55. The van der Waals surface area contributed by atoms with Gasteiger partial charge in [0.05, 0.1) is 5.56 Å². The molecular weight excluding hydrogens is 380 g/mol. The van der Waals surface area contributed by atoms with Crippen LogP contribution in [0.15, 0.2) is 41.6 Å². The lowest BCUT2D eigenvalue weighted by atomic mass is 9.92. The van der Waals surface area contributed by atoms with Crippen LogP contribution < -0.4 is 15.0 Å². The van der Waals surface area contributed by atoms with Crippen LogP contribution in [0.5, 0.6) is 5.88 Å². The normalized spacial score (nSPS) is 19.1. The maximum Gasteiger partial charge on any atom is 0.223 e. The average Bonchev–Trinajstić information content (AvgIpc) is 2.78. The molecule has 2 aliphatic rings. The Morgan fingerprint density at radius 1 is 1.10 bits per heavy atom. The Morgan fingerprint density at radius 3 is 2.69 bits per heavy atom. The van der Waals surface area contributed by atoms with Crippen molar-refractivity contribution in [3.8, 4) is 5.88 Å². The van der Waals surface area contributed by atoms with Crippen molar-refractivity contribution in [2.45, 2.75) is 31.0 Å². The molecular formula is C23H26N4OS. The van der Waals surface area contributed by atoms with Gasteiger partial charge in [0.2, 0.25) is 5.88 Å². The van der Waals surface area contributed by atoms with E-state index in [1.165, 1.54) is 21.9 Å². The summed E-state index contributed by atoms with van der Waals surface area (Å²) < 4.78 is 6.55. The number of aromatic nitrogens is 2. The van der Waals surface area contributed by atoms with E-state index in [2.05, 4.69) is 53.5 Å². The summed E-state index contributed by atoms with van der Waals surface area (Å²) in [6.45, 7) is 6.11. The van der Waals surface area contributed by atoms with Gasteiger partial charge in [-0.05, 0) is 42.4 Å². The lowest BCUT2D eigenvalue weighted by Gasteiger charge is -2.33. The standard InChI is InChI=1S/C23H26N4OS/c1-15-5-3-6-16-7-4-8-17(20(15)16)19-10-9-18-21(27-13-11-24-12-14-27)25-23(29-2)26-22(18)28-19/h3-8,19,24H,9-14H2,1-2H3. The molecule has 3 heterocycles. The third-order valence-corrected chi connectivity index (χ3v) is 6.48. The van der Waals surface area contributed by atoms with Crippen molar-refractivity contribution in [1.82, 2.24) is 15.3 Å². The van der Waals surface area contributed by atoms with Gasteiger partial charge in [-0.1, -0.05) is 48.2 Å². The van der Waals surface area contributed by atoms with Crippen LogP contribution in [0.2, 0.25) is 0 Å². The van der Waals surface area contributed by atoms with Crippen LogP contribution in [0.25, 0.3) is 10.8 Å². The van der Waals surface area contributed by atoms with E-state index in [-0.39, 0.29) is 6.10 Å². The van der Waals surface area contributed by atoms with Crippen LogP contribution in [0, 0.1) is 6.92 Å². The van der Waals surface area contributed by atoms with Crippen LogP contribution in [0.1, 0.15) is 29.2 Å². The monoisotopic (exact) mass is 406 g/mol. The van der Waals surface area contributed by atoms with Crippen molar-refractivity contribution >= 4 is 28.4 Å². The average molecular weight is 407 g/mol. The van der Waals surface area contributed by atoms with E-state index in [9.17, 15) is 0 Å². The van der Waals surface area contributed by atoms with Crippen molar-refractivity contribution in [2.75, 3.05) is 37.3 Å². The van der Waals surface area contributed by atoms with Crippen LogP contribution in [0.3, 0.4) is 0 Å². The lowest BCUT2D eigenvalue weighted by Crippen LogP contribution is -2.44. The van der Waals surface area contributed by atoms with Gasteiger partial charge in [0, 0.05) is 31.7 Å². The quantitative estimate of drug-likeness (QED) is 0.521. The number of aryl methyl sites for hydroxylation is 1. The minimum Gasteiger partial charge on any atom is -0.469 e. The predicted molar refractivity (Wildman–Crippen MR) is 119 cm³/mol. The first-order valence-electron chi connectivity index (χ1n) is 10.3. The third kappa shape index (κ3) is 3.45. The molecule has 29 heavy (non-hydrogen) atoms. The minimum atomic E-state index is 0.0211. The highest BCUT2D eigenvalue weighted by molar-refractivity contribution is 7.98. The molecule has 2 aliphatic heterocycles. The molecule has 1 unspecified atom stereocenters. The predicted octanol–water partition coefficient (Wildman–Crippen LogP) is 4.14. The molecule has 150 valence electrons. The van der Waals surface area contributed by atoms with Crippen molar-refractivity contribution in [3.63, 3.8) is 0 Å². The molecule has 0 radical (unpaired) electrons. The molecule has 5 nitrogen and oxygen atoms in total. The molecule has 0 aliphatic carbocycles. The van der Waals surface area contributed by atoms with Gasteiger partial charge in [0.15, 0.2) is 5.16 Å². The number of benzene rings is 2. The van der Waals surface area contributed by atoms with Crippen molar-refractivity contribution < 1.29 is 4.74 Å². The number of fused-ring (bicyclic) bond motifs is 2. The largest absolute Gasteiger partial charge is 0.469 e. The fourth-order valence-corrected chi connectivity index (χ4v) is 4.85. The Hall–Kier alpha value is -2.31. The first-order chi connectivity index (χ1) is 14.2. The lowest BCUT2D eigenvalue weighted by molar-refractivity contribution is 0.167. The highest BCUT2D eigenvalue weighted by Gasteiger charge is 2.29. The zero-order chi connectivity index (χ0) is 19.8. The number of nitrogens with zero attached hydrogens (tertiary/aromatic N) is 3. The Balaban J connectivity index is 1.55. The summed E-state index contributed by atoms with van der Waals surface area (Å²) in [6, 6.07) is 13.0. The highest BCUT2D eigenvalue weighted by Crippen LogP contribution is 2.41. The maximum atomic E-state index is 6.55. The Morgan fingerprint density at radius 2 is 1.90 bits per heavy atom. The van der Waals surface area contributed by atoms with Crippen LogP contribution in [0.4, 0.5) is 5.82 Å². The fourth-order valence-electron chi connectivity index (χ4n) is 4.50. The van der Waals surface area contributed by atoms with Crippen LogP contribution in [-0.2, 0) is 6.42 Å². The van der Waals surface area contributed by atoms with E-state index < -0.39 is 0 Å². The van der Waals surface area contributed by atoms with E-state index in [4.69, 9.17) is 14.7 Å². The zero-order valence-corrected chi connectivity index (χ0v) is 17.8. The van der Waals surface area contributed by atoms with Gasteiger partial charge in [-0.15, -0.1) is 0 Å². The molecule has 1 saturated heterocycles. The van der Waals surface area contributed by atoms with Gasteiger partial charge in [0.1, 0.15) is 11.9 Å². The van der Waals surface area contributed by atoms with E-state index in [1.54, 1.807) is 11.8 Å². The Labute approximate surface area is 175 Å². The number of nitrogens with one attached hydrogen (secondary N) is 1. The van der Waals surface area contributed by atoms with E-state index in [0.29, 0.717) is 0 Å². The van der Waals surface area contributed by atoms with Crippen LogP contribution in [-0.4, -0.2) is 42.4 Å². The third-order valence-electron chi connectivity index (χ3n) is 5.93. The summed E-state index contributed by atoms with van der Waals surface area (Å²) in [5, 5.41) is 6.79. The first kappa shape index (κ1) is 18.7. The van der Waals surface area contributed by atoms with Crippen molar-refractivity contribution in [1.29, 1.82) is 0 Å². The Kier molecular flexibility index (Phi) is 5.06. The molecule has 0 spiro atoms. The van der Waals surface area contributed by atoms with Gasteiger partial charge in [-0.3, -0.25) is 0 Å². The molecule has 0 saturated carbocycles. The zero-order valence-electron chi connectivity index (χ0n) is 16.9. The number of hydrogen-bond donors (Lipinski definition) is 1. The summed E-state index contributed by atoms with van der Waals surface area (Å²) in [6.07, 6.45) is 3.93. The molecule has 1 aromatic heterocycles. The molecule has 3 aromatic rings. The van der Waals surface area contributed by atoms with Gasteiger partial charge >= 0.3 is 0 Å². The number of thioether (sulfide) groups is 1. The van der Waals surface area contributed by atoms with Gasteiger partial charge in [0.25, 0.3) is 0 Å². The first-order valence-corrected chi connectivity index (χ1v) is 11.5. The summed E-state index contributed by atoms with van der Waals surface area (Å²) >= 11 is 1.58. The SMILES string of the molecule is CSc1nc2c(c(N3CCNCC3)n1)CCC(c1cccc3cccc(C)c13)O2. The molecule has 1 fully saturated rings. The second kappa shape index (κ2) is 7.84. The second-order valence-corrected chi connectivity index (χ2v) is 8.49. The molecule has 2 aromatic carbocycles. The van der Waals surface area contributed by atoms with Crippen LogP contribution >= 0.6 is 11.8 Å². The summed E-state index contributed by atoms with van der Waals surface area (Å²) in [5.41, 5.74) is 3.72. The fraction of sp³-hybridized carbons (Fsp3) is 0.391. The van der Waals surface area contributed by atoms with Gasteiger partial charge < -0.3 is 15.0 Å². The molecule has 5 rings (SSSR count). The Bertz CT molecular complexity index is 1040. The van der Waals surface area contributed by atoms with Crippen molar-refractivity contribution in [2.24, 2.45) is 0 Å². The summed E-state index contributed by atoms with van der Waals surface area (Å²) in [7, 11) is 0. The summed E-state index contributed by atoms with van der Waals surface area (Å²) in [5.74, 6) is 1.83. The number of rotatable bonds is 3. The summed E-state index contributed by atoms with van der Waals surface area (Å²) in [4.78, 5) is 12.0. The van der Waals surface area contributed by atoms with E-state index >= 15 is 0 Å². The molecule has 6 heteroatoms. The number of piperazine rings is 1. The second-order valence-electron chi connectivity index (χ2n) is 7.72. The molecule has 1 atom stereocenters. The van der Waals surface area contributed by atoms with Gasteiger partial charge in [-0.2, -0.15) is 4.98 Å². The topological polar surface area (TPSA) is 50.3 Å². The van der Waals surface area contributed by atoms with Crippen molar-refractivity contribution in [3.05, 3.63) is 53.1 Å². The van der Waals surface area contributed by atoms with Gasteiger partial charge in [-0.25, -0.2) is 4.98 Å². The molecule has 0 bridgehead atoms. The number of anilines is 1. The smallest absolute Gasteiger partial charge is 0.223 e. The molecule has 1 N–H and O–H groups in total.